The third kappa shape index (κ3) is 7.56. The SMILES string of the molecule is COc1cc(OC)c([C@@H]2CC(O)[C@@H](OCc3ccccc3)[C@H](OCc3ccccc3)[C@H]2OCc2ccccc2)c(OC)c1. The largest absolute Gasteiger partial charge is 0.496 e. The van der Waals surface area contributed by atoms with Gasteiger partial charge in [-0.1, -0.05) is 91.0 Å². The zero-order valence-corrected chi connectivity index (χ0v) is 24.9. The molecule has 0 aliphatic heterocycles. The van der Waals surface area contributed by atoms with Crippen molar-refractivity contribution < 1.29 is 33.5 Å². The van der Waals surface area contributed by atoms with E-state index in [1.807, 2.05) is 103 Å². The Kier molecular flexibility index (Phi) is 10.7. The van der Waals surface area contributed by atoms with Gasteiger partial charge in [0, 0.05) is 23.6 Å². The van der Waals surface area contributed by atoms with Gasteiger partial charge in [-0.3, -0.25) is 0 Å². The van der Waals surface area contributed by atoms with Crippen molar-refractivity contribution >= 4 is 0 Å². The maximum Gasteiger partial charge on any atom is 0.129 e. The van der Waals surface area contributed by atoms with Gasteiger partial charge in [0.25, 0.3) is 0 Å². The van der Waals surface area contributed by atoms with Gasteiger partial charge < -0.3 is 33.5 Å². The normalized spacial score (nSPS) is 21.7. The molecule has 1 unspecified atom stereocenters. The van der Waals surface area contributed by atoms with Crippen LogP contribution in [0.4, 0.5) is 0 Å². The first-order valence-electron chi connectivity index (χ1n) is 14.6. The summed E-state index contributed by atoms with van der Waals surface area (Å²) < 4.78 is 37.1. The van der Waals surface area contributed by atoms with Crippen LogP contribution in [0.1, 0.15) is 34.6 Å². The maximum atomic E-state index is 11.7. The average molecular weight is 585 g/mol. The quantitative estimate of drug-likeness (QED) is 0.197. The van der Waals surface area contributed by atoms with Crippen LogP contribution in [0.25, 0.3) is 0 Å². The van der Waals surface area contributed by atoms with E-state index in [9.17, 15) is 5.11 Å². The lowest BCUT2D eigenvalue weighted by Gasteiger charge is -2.45. The van der Waals surface area contributed by atoms with Gasteiger partial charge >= 0.3 is 0 Å². The third-order valence-electron chi connectivity index (χ3n) is 7.90. The van der Waals surface area contributed by atoms with Gasteiger partial charge in [-0.25, -0.2) is 0 Å². The fourth-order valence-electron chi connectivity index (χ4n) is 5.75. The summed E-state index contributed by atoms with van der Waals surface area (Å²) in [5.41, 5.74) is 3.85. The summed E-state index contributed by atoms with van der Waals surface area (Å²) >= 11 is 0. The second kappa shape index (κ2) is 15.0. The first-order chi connectivity index (χ1) is 21.1. The van der Waals surface area contributed by atoms with E-state index in [4.69, 9.17) is 28.4 Å². The zero-order chi connectivity index (χ0) is 30.0. The first-order valence-corrected chi connectivity index (χ1v) is 14.6. The molecule has 43 heavy (non-hydrogen) atoms. The lowest BCUT2D eigenvalue weighted by Crippen LogP contribution is -2.55. The Labute approximate surface area is 253 Å². The zero-order valence-electron chi connectivity index (χ0n) is 24.9. The smallest absolute Gasteiger partial charge is 0.129 e. The highest BCUT2D eigenvalue weighted by Crippen LogP contribution is 2.47. The molecule has 0 spiro atoms. The Hall–Kier alpha value is -3.88. The van der Waals surface area contributed by atoms with Crippen LogP contribution >= 0.6 is 0 Å². The average Bonchev–Trinajstić information content (AvgIpc) is 3.06. The Morgan fingerprint density at radius 3 is 1.40 bits per heavy atom. The minimum atomic E-state index is -0.845. The number of aliphatic hydroxyl groups excluding tert-OH is 1. The molecule has 0 aromatic heterocycles. The van der Waals surface area contributed by atoms with Crippen LogP contribution < -0.4 is 14.2 Å². The summed E-state index contributed by atoms with van der Waals surface area (Å²) in [5.74, 6) is 1.45. The van der Waals surface area contributed by atoms with Crippen molar-refractivity contribution in [1.82, 2.24) is 0 Å². The standard InChI is InChI=1S/C36H40O7/c1-38-28-19-31(39-2)33(32(20-28)40-3)29-21-30(37)35(42-23-26-15-9-5-10-16-26)36(43-24-27-17-11-6-12-18-27)34(29)41-22-25-13-7-4-8-14-25/h4-20,29-30,34-37H,21-24H2,1-3H3/t29-,30?,34-,35+,36+/m0/s1. The second-order valence-electron chi connectivity index (χ2n) is 10.6. The fourth-order valence-corrected chi connectivity index (χ4v) is 5.75. The predicted molar refractivity (Wildman–Crippen MR) is 165 cm³/mol. The molecule has 226 valence electrons. The van der Waals surface area contributed by atoms with E-state index in [1.54, 1.807) is 21.3 Å². The van der Waals surface area contributed by atoms with Gasteiger partial charge in [0.2, 0.25) is 0 Å². The molecule has 1 aliphatic carbocycles. The molecular weight excluding hydrogens is 544 g/mol. The van der Waals surface area contributed by atoms with Gasteiger partial charge in [0.05, 0.1) is 53.4 Å². The molecule has 0 radical (unpaired) electrons. The molecule has 1 fully saturated rings. The highest BCUT2D eigenvalue weighted by atomic mass is 16.6. The number of rotatable bonds is 13. The monoisotopic (exact) mass is 584 g/mol. The molecule has 4 aromatic rings. The number of benzene rings is 4. The number of hydrogen-bond acceptors (Lipinski definition) is 7. The lowest BCUT2D eigenvalue weighted by atomic mass is 9.76. The molecule has 1 aliphatic rings. The Morgan fingerprint density at radius 1 is 0.558 bits per heavy atom. The van der Waals surface area contributed by atoms with Crippen molar-refractivity contribution in [2.45, 2.75) is 56.6 Å². The van der Waals surface area contributed by atoms with Crippen molar-refractivity contribution in [3.8, 4) is 17.2 Å². The van der Waals surface area contributed by atoms with Gasteiger partial charge in [0.15, 0.2) is 0 Å². The van der Waals surface area contributed by atoms with Crippen LogP contribution in [0, 0.1) is 0 Å². The van der Waals surface area contributed by atoms with E-state index in [0.29, 0.717) is 43.5 Å². The summed E-state index contributed by atoms with van der Waals surface area (Å²) in [5, 5.41) is 11.7. The molecule has 0 amide bonds. The van der Waals surface area contributed by atoms with Crippen LogP contribution in [0.3, 0.4) is 0 Å². The topological polar surface area (TPSA) is 75.6 Å². The van der Waals surface area contributed by atoms with E-state index in [-0.39, 0.29) is 5.92 Å². The molecule has 5 atom stereocenters. The second-order valence-corrected chi connectivity index (χ2v) is 10.6. The molecule has 1 N–H and O–H groups in total. The highest BCUT2D eigenvalue weighted by molar-refractivity contribution is 5.53. The predicted octanol–water partition coefficient (Wildman–Crippen LogP) is 6.32. The molecule has 7 heteroatoms. The van der Waals surface area contributed by atoms with Crippen LogP contribution in [-0.4, -0.2) is 50.9 Å². The summed E-state index contributed by atoms with van der Waals surface area (Å²) in [4.78, 5) is 0. The molecular formula is C36H40O7. The van der Waals surface area contributed by atoms with Crippen molar-refractivity contribution in [1.29, 1.82) is 0 Å². The summed E-state index contributed by atoms with van der Waals surface area (Å²) in [6.07, 6.45) is -2.26. The minimum Gasteiger partial charge on any atom is -0.496 e. The number of methoxy groups -OCH3 is 3. The van der Waals surface area contributed by atoms with Gasteiger partial charge in [-0.2, -0.15) is 0 Å². The number of ether oxygens (including phenoxy) is 6. The van der Waals surface area contributed by atoms with Crippen LogP contribution in [-0.2, 0) is 34.0 Å². The van der Waals surface area contributed by atoms with Crippen molar-refractivity contribution in [3.63, 3.8) is 0 Å². The maximum absolute atomic E-state index is 11.7. The van der Waals surface area contributed by atoms with Gasteiger partial charge in [0.1, 0.15) is 29.5 Å². The number of hydrogen-bond donors (Lipinski definition) is 1. The van der Waals surface area contributed by atoms with E-state index in [1.165, 1.54) is 0 Å². The highest BCUT2D eigenvalue weighted by Gasteiger charge is 2.49. The Morgan fingerprint density at radius 2 is 0.977 bits per heavy atom. The molecule has 4 aromatic carbocycles. The molecule has 5 rings (SSSR count). The molecule has 0 saturated heterocycles. The van der Waals surface area contributed by atoms with Crippen molar-refractivity contribution in [3.05, 3.63) is 125 Å². The van der Waals surface area contributed by atoms with Crippen molar-refractivity contribution in [2.24, 2.45) is 0 Å². The summed E-state index contributed by atoms with van der Waals surface area (Å²) in [6.45, 7) is 1.02. The van der Waals surface area contributed by atoms with E-state index in [2.05, 4.69) is 0 Å². The molecule has 1 saturated carbocycles. The Bertz CT molecular complexity index is 1370. The minimum absolute atomic E-state index is 0.332. The lowest BCUT2D eigenvalue weighted by molar-refractivity contribution is -0.208. The van der Waals surface area contributed by atoms with Crippen LogP contribution in [0.5, 0.6) is 17.2 Å². The van der Waals surface area contributed by atoms with Crippen LogP contribution in [0.15, 0.2) is 103 Å². The number of aliphatic hydroxyl groups is 1. The third-order valence-corrected chi connectivity index (χ3v) is 7.90. The summed E-state index contributed by atoms with van der Waals surface area (Å²) in [6, 6.07) is 33.6. The van der Waals surface area contributed by atoms with Crippen LogP contribution in [0.2, 0.25) is 0 Å². The summed E-state index contributed by atoms with van der Waals surface area (Å²) in [7, 11) is 4.84. The van der Waals surface area contributed by atoms with Gasteiger partial charge in [-0.05, 0) is 23.1 Å². The fraction of sp³-hybridized carbons (Fsp3) is 0.333. The molecule has 0 heterocycles. The van der Waals surface area contributed by atoms with E-state index < -0.39 is 24.4 Å². The van der Waals surface area contributed by atoms with Gasteiger partial charge in [-0.15, -0.1) is 0 Å². The van der Waals surface area contributed by atoms with Crippen molar-refractivity contribution in [2.75, 3.05) is 21.3 Å². The molecule has 0 bridgehead atoms. The van der Waals surface area contributed by atoms with E-state index in [0.717, 1.165) is 22.3 Å². The first kappa shape index (κ1) is 30.6. The Balaban J connectivity index is 1.55. The van der Waals surface area contributed by atoms with E-state index >= 15 is 0 Å². The molecule has 7 nitrogen and oxygen atoms in total.